The van der Waals surface area contributed by atoms with E-state index in [9.17, 15) is 19.1 Å². The van der Waals surface area contributed by atoms with Gasteiger partial charge in [0.1, 0.15) is 5.82 Å². The van der Waals surface area contributed by atoms with E-state index in [0.717, 1.165) is 19.3 Å². The molecular weight excluding hydrogens is 388 g/mol. The molecule has 0 unspecified atom stereocenters. The summed E-state index contributed by atoms with van der Waals surface area (Å²) in [5.74, 6) is -1.60. The van der Waals surface area contributed by atoms with Gasteiger partial charge in [-0.3, -0.25) is 9.59 Å². The minimum absolute atomic E-state index is 0.0320. The molecule has 0 aliphatic heterocycles. The smallest absolute Gasteiger partial charge is 0.310 e. The summed E-state index contributed by atoms with van der Waals surface area (Å²) in [4.78, 5) is 23.7. The zero-order chi connectivity index (χ0) is 15.5. The number of benzene rings is 1. The van der Waals surface area contributed by atoms with Crippen molar-refractivity contribution < 1.29 is 19.1 Å². The van der Waals surface area contributed by atoms with Gasteiger partial charge in [-0.25, -0.2) is 4.39 Å². The molecule has 0 radical (unpaired) electrons. The van der Waals surface area contributed by atoms with Crippen LogP contribution in [0.2, 0.25) is 0 Å². The SMILES string of the molecule is O=C(CC1(C(=O)O)CCCCC1)Nc1ccc(F)cc1I. The second-order valence-electron chi connectivity index (χ2n) is 5.50. The summed E-state index contributed by atoms with van der Waals surface area (Å²) in [6.07, 6.45) is 3.75. The zero-order valence-electron chi connectivity index (χ0n) is 11.5. The Labute approximate surface area is 136 Å². The monoisotopic (exact) mass is 405 g/mol. The number of amides is 1. The van der Waals surface area contributed by atoms with Gasteiger partial charge in [0, 0.05) is 9.99 Å². The molecule has 1 aromatic rings. The van der Waals surface area contributed by atoms with E-state index in [1.54, 1.807) is 0 Å². The predicted octanol–water partition coefficient (Wildman–Crippen LogP) is 3.79. The molecule has 1 aliphatic carbocycles. The number of carbonyl (C=O) groups excluding carboxylic acids is 1. The average Bonchev–Trinajstić information content (AvgIpc) is 2.43. The fraction of sp³-hybridized carbons (Fsp3) is 0.467. The number of carboxylic acids is 1. The van der Waals surface area contributed by atoms with E-state index in [-0.39, 0.29) is 18.1 Å². The molecule has 1 aliphatic rings. The van der Waals surface area contributed by atoms with E-state index >= 15 is 0 Å². The lowest BCUT2D eigenvalue weighted by atomic mass is 9.71. The van der Waals surface area contributed by atoms with Gasteiger partial charge in [0.05, 0.1) is 11.1 Å². The minimum Gasteiger partial charge on any atom is -0.481 e. The summed E-state index contributed by atoms with van der Waals surface area (Å²) in [6.45, 7) is 0. The molecule has 1 aromatic carbocycles. The van der Waals surface area contributed by atoms with Crippen LogP contribution >= 0.6 is 22.6 Å². The van der Waals surface area contributed by atoms with Crippen LogP contribution in [0, 0.1) is 14.8 Å². The first-order valence-electron chi connectivity index (χ1n) is 6.91. The molecule has 0 atom stereocenters. The molecule has 0 aromatic heterocycles. The molecule has 21 heavy (non-hydrogen) atoms. The normalized spacial score (nSPS) is 17.2. The van der Waals surface area contributed by atoms with Crippen molar-refractivity contribution in [3.8, 4) is 0 Å². The number of anilines is 1. The lowest BCUT2D eigenvalue weighted by Crippen LogP contribution is -2.37. The largest absolute Gasteiger partial charge is 0.481 e. The van der Waals surface area contributed by atoms with Crippen molar-refractivity contribution in [2.45, 2.75) is 38.5 Å². The first kappa shape index (κ1) is 16.2. The van der Waals surface area contributed by atoms with E-state index < -0.39 is 11.4 Å². The lowest BCUT2D eigenvalue weighted by Gasteiger charge is -2.32. The Bertz CT molecular complexity index is 556. The number of rotatable bonds is 4. The van der Waals surface area contributed by atoms with Crippen LogP contribution < -0.4 is 5.32 Å². The highest BCUT2D eigenvalue weighted by Gasteiger charge is 2.41. The minimum atomic E-state index is -0.951. The van der Waals surface area contributed by atoms with Gasteiger partial charge >= 0.3 is 5.97 Å². The Kier molecular flexibility index (Phi) is 5.18. The quantitative estimate of drug-likeness (QED) is 0.750. The van der Waals surface area contributed by atoms with Gasteiger partial charge in [-0.15, -0.1) is 0 Å². The van der Waals surface area contributed by atoms with Crippen molar-refractivity contribution in [2.24, 2.45) is 5.41 Å². The topological polar surface area (TPSA) is 66.4 Å². The number of hydrogen-bond donors (Lipinski definition) is 2. The Morgan fingerprint density at radius 1 is 1.29 bits per heavy atom. The number of nitrogens with one attached hydrogen (secondary N) is 1. The zero-order valence-corrected chi connectivity index (χ0v) is 13.7. The summed E-state index contributed by atoms with van der Waals surface area (Å²) in [7, 11) is 0. The fourth-order valence-electron chi connectivity index (χ4n) is 2.79. The summed E-state index contributed by atoms with van der Waals surface area (Å²) in [5, 5.41) is 12.2. The highest BCUT2D eigenvalue weighted by molar-refractivity contribution is 14.1. The van der Waals surface area contributed by atoms with Gasteiger partial charge in [-0.05, 0) is 53.6 Å². The molecule has 114 valence electrons. The number of hydrogen-bond acceptors (Lipinski definition) is 2. The van der Waals surface area contributed by atoms with Gasteiger partial charge < -0.3 is 10.4 Å². The van der Waals surface area contributed by atoms with E-state index in [2.05, 4.69) is 5.32 Å². The molecule has 2 rings (SSSR count). The van der Waals surface area contributed by atoms with Crippen LogP contribution in [0.15, 0.2) is 18.2 Å². The highest BCUT2D eigenvalue weighted by atomic mass is 127. The maximum absolute atomic E-state index is 13.0. The highest BCUT2D eigenvalue weighted by Crippen LogP contribution is 2.40. The van der Waals surface area contributed by atoms with Crippen LogP contribution in [0.25, 0.3) is 0 Å². The third kappa shape index (κ3) is 3.93. The maximum Gasteiger partial charge on any atom is 0.310 e. The van der Waals surface area contributed by atoms with Crippen LogP contribution in [0.5, 0.6) is 0 Å². The van der Waals surface area contributed by atoms with Crippen molar-refractivity contribution in [2.75, 3.05) is 5.32 Å². The van der Waals surface area contributed by atoms with Crippen molar-refractivity contribution >= 4 is 40.2 Å². The molecule has 1 amide bonds. The molecule has 6 heteroatoms. The first-order chi connectivity index (χ1) is 9.93. The summed E-state index contributed by atoms with van der Waals surface area (Å²) in [6, 6.07) is 4.08. The van der Waals surface area contributed by atoms with E-state index in [0.29, 0.717) is 22.1 Å². The Balaban J connectivity index is 2.07. The summed E-state index contributed by atoms with van der Waals surface area (Å²) < 4.78 is 13.6. The van der Waals surface area contributed by atoms with Crippen molar-refractivity contribution in [1.82, 2.24) is 0 Å². The van der Waals surface area contributed by atoms with E-state index in [1.807, 2.05) is 22.6 Å². The average molecular weight is 405 g/mol. The van der Waals surface area contributed by atoms with Gasteiger partial charge in [-0.2, -0.15) is 0 Å². The lowest BCUT2D eigenvalue weighted by molar-refractivity contribution is -0.153. The van der Waals surface area contributed by atoms with Crippen LogP contribution in [0.4, 0.5) is 10.1 Å². The van der Waals surface area contributed by atoms with E-state index in [1.165, 1.54) is 18.2 Å². The second kappa shape index (κ2) is 6.72. The molecule has 0 saturated heterocycles. The van der Waals surface area contributed by atoms with Crippen LogP contribution in [0.1, 0.15) is 38.5 Å². The Morgan fingerprint density at radius 2 is 1.95 bits per heavy atom. The van der Waals surface area contributed by atoms with Gasteiger partial charge in [0.15, 0.2) is 0 Å². The molecule has 0 spiro atoms. The molecule has 2 N–H and O–H groups in total. The van der Waals surface area contributed by atoms with Crippen molar-refractivity contribution in [3.05, 3.63) is 27.6 Å². The first-order valence-corrected chi connectivity index (χ1v) is 7.99. The van der Waals surface area contributed by atoms with Crippen molar-refractivity contribution in [1.29, 1.82) is 0 Å². The van der Waals surface area contributed by atoms with Gasteiger partial charge in [0.25, 0.3) is 0 Å². The van der Waals surface area contributed by atoms with Gasteiger partial charge in [-0.1, -0.05) is 19.3 Å². The number of carbonyl (C=O) groups is 2. The van der Waals surface area contributed by atoms with E-state index in [4.69, 9.17) is 0 Å². The fourth-order valence-corrected chi connectivity index (χ4v) is 3.40. The van der Waals surface area contributed by atoms with Crippen molar-refractivity contribution in [3.63, 3.8) is 0 Å². The number of halogens is 2. The van der Waals surface area contributed by atoms with Crippen LogP contribution in [-0.2, 0) is 9.59 Å². The molecule has 4 nitrogen and oxygen atoms in total. The van der Waals surface area contributed by atoms with Crippen LogP contribution in [-0.4, -0.2) is 17.0 Å². The maximum atomic E-state index is 13.0. The van der Waals surface area contributed by atoms with Crippen LogP contribution in [0.3, 0.4) is 0 Å². The Hall–Kier alpha value is -1.18. The molecule has 0 bridgehead atoms. The molecular formula is C15H17FINO3. The second-order valence-corrected chi connectivity index (χ2v) is 6.66. The third-order valence-electron chi connectivity index (χ3n) is 3.97. The standard InChI is InChI=1S/C15H17FINO3/c16-10-4-5-12(11(17)8-10)18-13(19)9-15(14(20)21)6-2-1-3-7-15/h4-5,8H,1-3,6-7,9H2,(H,18,19)(H,20,21). The molecule has 1 saturated carbocycles. The predicted molar refractivity (Wildman–Crippen MR) is 85.5 cm³/mol. The number of aliphatic carboxylic acids is 1. The summed E-state index contributed by atoms with van der Waals surface area (Å²) in [5.41, 5.74) is -0.438. The summed E-state index contributed by atoms with van der Waals surface area (Å²) >= 11 is 1.94. The molecule has 0 heterocycles. The van der Waals surface area contributed by atoms with Gasteiger partial charge in [0.2, 0.25) is 5.91 Å². The third-order valence-corrected chi connectivity index (χ3v) is 4.86. The number of carboxylic acid groups (broad SMARTS) is 1. The molecule has 1 fully saturated rings. The Morgan fingerprint density at radius 3 is 2.52 bits per heavy atom.